The molecule has 1 amide bonds. The Balaban J connectivity index is 1.60. The van der Waals surface area contributed by atoms with Gasteiger partial charge in [-0.1, -0.05) is 53.3 Å². The Morgan fingerprint density at radius 3 is 2.55 bits per heavy atom. The fraction of sp³-hybridized carbons (Fsp3) is 0. The van der Waals surface area contributed by atoms with Gasteiger partial charge in [0.2, 0.25) is 5.13 Å². The fourth-order valence-electron chi connectivity index (χ4n) is 2.77. The Hall–Kier alpha value is -3.55. The van der Waals surface area contributed by atoms with Crippen LogP contribution < -0.4 is 10.7 Å². The van der Waals surface area contributed by atoms with Gasteiger partial charge in [0, 0.05) is 16.1 Å². The van der Waals surface area contributed by atoms with Crippen LogP contribution in [0.5, 0.6) is 0 Å². The number of aromatic nitrogens is 1. The minimum absolute atomic E-state index is 0.262. The molecule has 0 bridgehead atoms. The van der Waals surface area contributed by atoms with E-state index in [1.807, 2.05) is 18.2 Å². The molecular formula is C23H16ClFN4OS. The van der Waals surface area contributed by atoms with Gasteiger partial charge in [-0.05, 0) is 54.1 Å². The summed E-state index contributed by atoms with van der Waals surface area (Å²) >= 11 is 7.22. The minimum atomic E-state index is -0.349. The molecule has 0 saturated heterocycles. The first kappa shape index (κ1) is 20.7. The summed E-state index contributed by atoms with van der Waals surface area (Å²) in [6, 6.07) is 22.1. The summed E-state index contributed by atoms with van der Waals surface area (Å²) in [5, 5.41) is 8.70. The number of nitrogens with zero attached hydrogens (tertiary/aromatic N) is 2. The van der Waals surface area contributed by atoms with E-state index in [-0.39, 0.29) is 11.7 Å². The molecule has 0 radical (unpaired) electrons. The van der Waals surface area contributed by atoms with Crippen molar-refractivity contribution in [1.29, 1.82) is 0 Å². The molecule has 154 valence electrons. The second-order valence-electron chi connectivity index (χ2n) is 6.45. The van der Waals surface area contributed by atoms with Gasteiger partial charge in [-0.25, -0.2) is 9.37 Å². The molecule has 1 aromatic heterocycles. The third kappa shape index (κ3) is 5.33. The number of thiazole rings is 1. The smallest absolute Gasteiger partial charge is 0.256 e. The van der Waals surface area contributed by atoms with Crippen molar-refractivity contribution in [2.24, 2.45) is 5.10 Å². The number of rotatable bonds is 6. The van der Waals surface area contributed by atoms with Crippen LogP contribution in [0, 0.1) is 5.82 Å². The van der Waals surface area contributed by atoms with E-state index in [1.54, 1.807) is 54.7 Å². The van der Waals surface area contributed by atoms with Gasteiger partial charge in [0.15, 0.2) is 0 Å². The predicted molar refractivity (Wildman–Crippen MR) is 125 cm³/mol. The number of amides is 1. The maximum atomic E-state index is 13.4. The van der Waals surface area contributed by atoms with Crippen molar-refractivity contribution in [3.63, 3.8) is 0 Å². The summed E-state index contributed by atoms with van der Waals surface area (Å²) in [5.41, 5.74) is 5.42. The molecule has 0 unspecified atom stereocenters. The Kier molecular flexibility index (Phi) is 6.35. The van der Waals surface area contributed by atoms with Crippen LogP contribution in [0.3, 0.4) is 0 Å². The van der Waals surface area contributed by atoms with E-state index in [0.717, 1.165) is 5.56 Å². The van der Waals surface area contributed by atoms with E-state index < -0.39 is 0 Å². The fourth-order valence-corrected chi connectivity index (χ4v) is 3.80. The predicted octanol–water partition coefficient (Wildman–Crippen LogP) is 6.30. The molecule has 5 nitrogen and oxygen atoms in total. The van der Waals surface area contributed by atoms with Crippen molar-refractivity contribution in [3.8, 4) is 11.3 Å². The first-order valence-corrected chi connectivity index (χ1v) is 10.5. The highest BCUT2D eigenvalue weighted by atomic mass is 35.5. The molecule has 0 aliphatic heterocycles. The zero-order valence-electron chi connectivity index (χ0n) is 16.0. The third-order valence-corrected chi connectivity index (χ3v) is 5.34. The van der Waals surface area contributed by atoms with E-state index in [9.17, 15) is 9.18 Å². The van der Waals surface area contributed by atoms with Crippen LogP contribution in [0.1, 0.15) is 15.9 Å². The number of hydrogen-bond acceptors (Lipinski definition) is 5. The maximum Gasteiger partial charge on any atom is 0.256 e. The molecule has 0 aliphatic rings. The first-order valence-electron chi connectivity index (χ1n) is 9.26. The largest absolute Gasteiger partial charge is 0.312 e. The van der Waals surface area contributed by atoms with Gasteiger partial charge in [-0.15, -0.1) is 0 Å². The van der Waals surface area contributed by atoms with Crippen molar-refractivity contribution in [1.82, 2.24) is 4.98 Å². The van der Waals surface area contributed by atoms with E-state index >= 15 is 0 Å². The molecule has 0 aliphatic carbocycles. The topological polar surface area (TPSA) is 66.4 Å². The molecule has 0 spiro atoms. The van der Waals surface area contributed by atoms with Crippen molar-refractivity contribution < 1.29 is 9.18 Å². The average Bonchev–Trinajstić information content (AvgIpc) is 3.17. The molecule has 8 heteroatoms. The van der Waals surface area contributed by atoms with Crippen LogP contribution in [-0.2, 0) is 0 Å². The Bertz CT molecular complexity index is 1230. The van der Waals surface area contributed by atoms with Crippen LogP contribution >= 0.6 is 22.9 Å². The number of halogens is 2. The number of hydrazone groups is 1. The number of carbonyl (C=O) groups excluding carboxylic acids is 1. The quantitative estimate of drug-likeness (QED) is 0.267. The monoisotopic (exact) mass is 450 g/mol. The van der Waals surface area contributed by atoms with Crippen molar-refractivity contribution >= 4 is 45.2 Å². The molecule has 0 atom stereocenters. The highest BCUT2D eigenvalue weighted by molar-refractivity contribution is 7.20. The first-order chi connectivity index (χ1) is 15.1. The summed E-state index contributed by atoms with van der Waals surface area (Å²) < 4.78 is 13.4. The lowest BCUT2D eigenvalue weighted by Crippen LogP contribution is -2.11. The molecule has 4 aromatic rings. The lowest BCUT2D eigenvalue weighted by molar-refractivity contribution is 0.102. The molecule has 1 heterocycles. The van der Waals surface area contributed by atoms with Gasteiger partial charge in [-0.3, -0.25) is 10.2 Å². The van der Waals surface area contributed by atoms with E-state index in [1.165, 1.54) is 23.5 Å². The minimum Gasteiger partial charge on any atom is -0.312 e. The highest BCUT2D eigenvalue weighted by Gasteiger charge is 2.16. The third-order valence-electron chi connectivity index (χ3n) is 4.23. The van der Waals surface area contributed by atoms with E-state index in [0.29, 0.717) is 32.0 Å². The average molecular weight is 451 g/mol. The number of hydrogen-bond donors (Lipinski definition) is 2. The number of anilines is 2. The summed E-state index contributed by atoms with van der Waals surface area (Å²) in [6.45, 7) is 0. The van der Waals surface area contributed by atoms with Crippen molar-refractivity contribution in [2.45, 2.75) is 0 Å². The summed E-state index contributed by atoms with van der Waals surface area (Å²) in [5.74, 6) is -0.611. The van der Waals surface area contributed by atoms with Crippen LogP contribution in [0.15, 0.2) is 84.0 Å². The second-order valence-corrected chi connectivity index (χ2v) is 7.88. The highest BCUT2D eigenvalue weighted by Crippen LogP contribution is 2.36. The van der Waals surface area contributed by atoms with E-state index in [4.69, 9.17) is 11.6 Å². The van der Waals surface area contributed by atoms with Crippen LogP contribution in [0.25, 0.3) is 11.3 Å². The number of benzene rings is 3. The zero-order valence-corrected chi connectivity index (χ0v) is 17.6. The summed E-state index contributed by atoms with van der Waals surface area (Å²) in [6.07, 6.45) is 1.62. The van der Waals surface area contributed by atoms with Gasteiger partial charge in [0.05, 0.1) is 6.21 Å². The number of nitrogens with one attached hydrogen (secondary N) is 2. The van der Waals surface area contributed by atoms with Crippen LogP contribution in [0.4, 0.5) is 14.5 Å². The van der Waals surface area contributed by atoms with Gasteiger partial charge >= 0.3 is 0 Å². The molecule has 31 heavy (non-hydrogen) atoms. The lowest BCUT2D eigenvalue weighted by Gasteiger charge is -2.05. The van der Waals surface area contributed by atoms with Gasteiger partial charge in [-0.2, -0.15) is 5.10 Å². The molecule has 0 fully saturated rings. The van der Waals surface area contributed by atoms with Crippen molar-refractivity contribution in [2.75, 3.05) is 10.7 Å². The SMILES string of the molecule is O=C(Nc1sc(N/N=C/c2cccc(Cl)c2)nc1-c1ccc(F)cc1)c1ccccc1. The molecule has 0 saturated carbocycles. The van der Waals surface area contributed by atoms with Crippen LogP contribution in [0.2, 0.25) is 5.02 Å². The second kappa shape index (κ2) is 9.51. The summed E-state index contributed by atoms with van der Waals surface area (Å²) in [4.78, 5) is 17.2. The van der Waals surface area contributed by atoms with Crippen LogP contribution in [-0.4, -0.2) is 17.1 Å². The normalized spacial score (nSPS) is 10.9. The zero-order chi connectivity index (χ0) is 21.6. The summed E-state index contributed by atoms with van der Waals surface area (Å²) in [7, 11) is 0. The molecule has 2 N–H and O–H groups in total. The van der Waals surface area contributed by atoms with E-state index in [2.05, 4.69) is 20.8 Å². The van der Waals surface area contributed by atoms with Gasteiger partial charge in [0.25, 0.3) is 5.91 Å². The Morgan fingerprint density at radius 1 is 1.03 bits per heavy atom. The van der Waals surface area contributed by atoms with Gasteiger partial charge in [0.1, 0.15) is 16.5 Å². The molecule has 4 rings (SSSR count). The Morgan fingerprint density at radius 2 is 1.81 bits per heavy atom. The molecular weight excluding hydrogens is 435 g/mol. The molecule has 3 aromatic carbocycles. The maximum absolute atomic E-state index is 13.4. The number of carbonyl (C=O) groups is 1. The lowest BCUT2D eigenvalue weighted by atomic mass is 10.1. The van der Waals surface area contributed by atoms with Gasteiger partial charge < -0.3 is 5.32 Å². The standard InChI is InChI=1S/C23H16ClFN4OS/c24-18-8-4-5-15(13-18)14-26-29-23-27-20(16-9-11-19(25)12-10-16)22(31-23)28-21(30)17-6-2-1-3-7-17/h1-14H,(H,27,29)(H,28,30)/b26-14+. The Labute approximate surface area is 187 Å². The van der Waals surface area contributed by atoms with Crippen molar-refractivity contribution in [3.05, 3.63) is 101 Å².